The lowest BCUT2D eigenvalue weighted by Gasteiger charge is -2.37. The van der Waals surface area contributed by atoms with Crippen molar-refractivity contribution >= 4 is 5.91 Å². The number of benzene rings is 1. The summed E-state index contributed by atoms with van der Waals surface area (Å²) in [5.41, 5.74) is 0.677. The number of rotatable bonds is 7. The van der Waals surface area contributed by atoms with E-state index < -0.39 is 5.41 Å². The molecule has 0 aliphatic heterocycles. The highest BCUT2D eigenvalue weighted by Gasteiger charge is 2.41. The summed E-state index contributed by atoms with van der Waals surface area (Å²) in [5.74, 6) is 0.853. The quantitative estimate of drug-likeness (QED) is 0.828. The van der Waals surface area contributed by atoms with Crippen molar-refractivity contribution in [1.29, 1.82) is 0 Å². The van der Waals surface area contributed by atoms with E-state index in [1.54, 1.807) is 13.4 Å². The third-order valence-electron chi connectivity index (χ3n) is 5.38. The predicted octanol–water partition coefficient (Wildman–Crippen LogP) is 3.00. The lowest BCUT2D eigenvalue weighted by atomic mass is 9.68. The highest BCUT2D eigenvalue weighted by molar-refractivity contribution is 5.88. The van der Waals surface area contributed by atoms with Gasteiger partial charge in [0.25, 0.3) is 0 Å². The summed E-state index contributed by atoms with van der Waals surface area (Å²) < 4.78 is 7.07. The van der Waals surface area contributed by atoms with Crippen LogP contribution in [0.3, 0.4) is 0 Å². The van der Waals surface area contributed by atoms with Crippen molar-refractivity contribution in [3.8, 4) is 0 Å². The van der Waals surface area contributed by atoms with E-state index in [1.165, 1.54) is 6.42 Å². The average molecular weight is 356 g/mol. The van der Waals surface area contributed by atoms with Gasteiger partial charge in [0.1, 0.15) is 6.33 Å². The molecule has 2 aromatic rings. The van der Waals surface area contributed by atoms with Crippen LogP contribution >= 0.6 is 0 Å². The van der Waals surface area contributed by atoms with Gasteiger partial charge in [-0.25, -0.2) is 0 Å². The Bertz CT molecular complexity index is 708. The minimum Gasteiger partial charge on any atom is -0.383 e. The summed E-state index contributed by atoms with van der Waals surface area (Å²) >= 11 is 0. The third kappa shape index (κ3) is 3.80. The topological polar surface area (TPSA) is 69.0 Å². The van der Waals surface area contributed by atoms with E-state index in [0.29, 0.717) is 13.2 Å². The molecule has 1 amide bonds. The molecule has 0 unspecified atom stereocenters. The van der Waals surface area contributed by atoms with Crippen LogP contribution in [0, 0.1) is 0 Å². The Balaban J connectivity index is 1.79. The zero-order valence-corrected chi connectivity index (χ0v) is 15.6. The van der Waals surface area contributed by atoms with Crippen molar-refractivity contribution in [2.75, 3.05) is 13.7 Å². The Kier molecular flexibility index (Phi) is 6.04. The molecule has 3 rings (SSSR count). The summed E-state index contributed by atoms with van der Waals surface area (Å²) in [6.45, 7) is 3.22. The van der Waals surface area contributed by atoms with E-state index in [1.807, 2.05) is 29.7 Å². The molecule has 0 saturated heterocycles. The van der Waals surface area contributed by atoms with Gasteiger partial charge in [0.15, 0.2) is 5.82 Å². The first-order valence-corrected chi connectivity index (χ1v) is 9.40. The van der Waals surface area contributed by atoms with Crippen molar-refractivity contribution in [2.45, 2.75) is 57.0 Å². The molecular formula is C20H28N4O2. The number of amides is 1. The van der Waals surface area contributed by atoms with E-state index in [9.17, 15) is 4.79 Å². The monoisotopic (exact) mass is 356 g/mol. The molecular weight excluding hydrogens is 328 g/mol. The summed E-state index contributed by atoms with van der Waals surface area (Å²) in [5, 5.41) is 11.4. The smallest absolute Gasteiger partial charge is 0.231 e. The van der Waals surface area contributed by atoms with Crippen molar-refractivity contribution in [3.63, 3.8) is 0 Å². The number of aromatic nitrogens is 3. The van der Waals surface area contributed by atoms with Crippen molar-refractivity contribution in [1.82, 2.24) is 20.1 Å². The Morgan fingerprint density at radius 2 is 2.00 bits per heavy atom. The lowest BCUT2D eigenvalue weighted by Crippen LogP contribution is -2.46. The van der Waals surface area contributed by atoms with Gasteiger partial charge < -0.3 is 14.6 Å². The van der Waals surface area contributed by atoms with Gasteiger partial charge in [-0.15, -0.1) is 10.2 Å². The molecule has 26 heavy (non-hydrogen) atoms. The molecule has 1 aliphatic carbocycles. The van der Waals surface area contributed by atoms with Crippen LogP contribution in [0.15, 0.2) is 36.7 Å². The van der Waals surface area contributed by atoms with Crippen molar-refractivity contribution in [3.05, 3.63) is 48.0 Å². The Morgan fingerprint density at radius 3 is 2.69 bits per heavy atom. The number of nitrogens with zero attached hydrogens (tertiary/aromatic N) is 3. The molecule has 1 aromatic heterocycles. The standard InChI is InChI=1S/C20H28N4O2/c1-16(18-23-21-15-24(18)13-14-26-2)22-19(25)20(11-7-4-8-12-20)17-9-5-3-6-10-17/h3,5-6,9-10,15-16H,4,7-8,11-14H2,1-2H3,(H,22,25)/t16-/m0/s1. The minimum atomic E-state index is -0.439. The Morgan fingerprint density at radius 1 is 1.27 bits per heavy atom. The van der Waals surface area contributed by atoms with Gasteiger partial charge in [0.05, 0.1) is 18.1 Å². The summed E-state index contributed by atoms with van der Waals surface area (Å²) in [6.07, 6.45) is 6.84. The SMILES string of the molecule is COCCn1cnnc1[C@H](C)NC(=O)C1(c2ccccc2)CCCCC1. The van der Waals surface area contributed by atoms with Crippen LogP contribution in [-0.2, 0) is 21.5 Å². The second-order valence-corrected chi connectivity index (χ2v) is 7.08. The number of carbonyl (C=O) groups is 1. The molecule has 140 valence electrons. The number of hydrogen-bond acceptors (Lipinski definition) is 4. The fourth-order valence-electron chi connectivity index (χ4n) is 3.92. The molecule has 1 saturated carbocycles. The highest BCUT2D eigenvalue weighted by Crippen LogP contribution is 2.40. The van der Waals surface area contributed by atoms with Gasteiger partial charge in [0.2, 0.25) is 5.91 Å². The van der Waals surface area contributed by atoms with Crippen LogP contribution in [0.4, 0.5) is 0 Å². The molecule has 1 heterocycles. The lowest BCUT2D eigenvalue weighted by molar-refractivity contribution is -0.128. The molecule has 0 spiro atoms. The summed E-state index contributed by atoms with van der Waals surface area (Å²) in [7, 11) is 1.67. The molecule has 1 aliphatic rings. The molecule has 0 radical (unpaired) electrons. The molecule has 0 bridgehead atoms. The molecule has 6 nitrogen and oxygen atoms in total. The van der Waals surface area contributed by atoms with Gasteiger partial charge >= 0.3 is 0 Å². The van der Waals surface area contributed by atoms with Crippen molar-refractivity contribution < 1.29 is 9.53 Å². The number of carbonyl (C=O) groups excluding carboxylic acids is 1. The zero-order valence-electron chi connectivity index (χ0n) is 15.6. The van der Waals surface area contributed by atoms with Gasteiger partial charge in [-0.1, -0.05) is 49.6 Å². The number of nitrogens with one attached hydrogen (secondary N) is 1. The minimum absolute atomic E-state index is 0.0946. The first-order chi connectivity index (χ1) is 12.7. The first kappa shape index (κ1) is 18.6. The molecule has 1 fully saturated rings. The highest BCUT2D eigenvalue weighted by atomic mass is 16.5. The second kappa shape index (κ2) is 8.45. The van der Waals surface area contributed by atoms with E-state index in [-0.39, 0.29) is 11.9 Å². The van der Waals surface area contributed by atoms with Crippen molar-refractivity contribution in [2.24, 2.45) is 0 Å². The maximum absolute atomic E-state index is 13.4. The number of ether oxygens (including phenoxy) is 1. The fraction of sp³-hybridized carbons (Fsp3) is 0.550. The Labute approximate surface area is 155 Å². The second-order valence-electron chi connectivity index (χ2n) is 7.08. The molecule has 6 heteroatoms. The van der Waals surface area contributed by atoms with E-state index in [4.69, 9.17) is 4.74 Å². The van der Waals surface area contributed by atoms with Gasteiger partial charge in [0, 0.05) is 13.7 Å². The van der Waals surface area contributed by atoms with Crippen LogP contribution in [-0.4, -0.2) is 34.4 Å². The maximum Gasteiger partial charge on any atom is 0.231 e. The molecule has 1 aromatic carbocycles. The van der Waals surface area contributed by atoms with E-state index in [0.717, 1.165) is 37.1 Å². The van der Waals surface area contributed by atoms with Crippen LogP contribution in [0.5, 0.6) is 0 Å². The number of methoxy groups -OCH3 is 1. The predicted molar refractivity (Wildman–Crippen MR) is 99.7 cm³/mol. The largest absolute Gasteiger partial charge is 0.383 e. The van der Waals surface area contributed by atoms with Crippen LogP contribution in [0.1, 0.15) is 56.5 Å². The first-order valence-electron chi connectivity index (χ1n) is 9.40. The normalized spacial score (nSPS) is 17.6. The van der Waals surface area contributed by atoms with Crippen LogP contribution in [0.25, 0.3) is 0 Å². The maximum atomic E-state index is 13.4. The molecule has 1 N–H and O–H groups in total. The van der Waals surface area contributed by atoms with E-state index in [2.05, 4.69) is 27.6 Å². The Hall–Kier alpha value is -2.21. The van der Waals surface area contributed by atoms with Gasteiger partial charge in [-0.3, -0.25) is 4.79 Å². The molecule has 1 atom stereocenters. The third-order valence-corrected chi connectivity index (χ3v) is 5.38. The zero-order chi connectivity index (χ0) is 18.4. The fourth-order valence-corrected chi connectivity index (χ4v) is 3.92. The van der Waals surface area contributed by atoms with Gasteiger partial charge in [-0.05, 0) is 25.3 Å². The van der Waals surface area contributed by atoms with E-state index >= 15 is 0 Å². The van der Waals surface area contributed by atoms with Crippen LogP contribution < -0.4 is 5.32 Å². The summed E-state index contributed by atoms with van der Waals surface area (Å²) in [4.78, 5) is 13.4. The van der Waals surface area contributed by atoms with Gasteiger partial charge in [-0.2, -0.15) is 0 Å². The summed E-state index contributed by atoms with van der Waals surface area (Å²) in [6, 6.07) is 9.99. The van der Waals surface area contributed by atoms with Crippen LogP contribution in [0.2, 0.25) is 0 Å². The number of hydrogen-bond donors (Lipinski definition) is 1. The average Bonchev–Trinajstić information content (AvgIpc) is 3.16.